The van der Waals surface area contributed by atoms with Crippen LogP contribution in [0.4, 0.5) is 0 Å². The van der Waals surface area contributed by atoms with E-state index in [1.807, 2.05) is 37.3 Å². The molecule has 68 valence electrons. The fourth-order valence-corrected chi connectivity index (χ4v) is 1.24. The van der Waals surface area contributed by atoms with Crippen molar-refractivity contribution in [3.63, 3.8) is 0 Å². The number of aliphatic carboxylic acids is 1. The van der Waals surface area contributed by atoms with Crippen LogP contribution in [0.1, 0.15) is 27.7 Å². The Morgan fingerprint density at radius 2 is 2.00 bits per heavy atom. The van der Waals surface area contributed by atoms with Gasteiger partial charge in [0.05, 0.1) is 5.92 Å². The molecule has 0 aromatic heterocycles. The molecule has 1 atom stereocenters. The summed E-state index contributed by atoms with van der Waals surface area (Å²) in [4.78, 5) is 10.7. The minimum absolute atomic E-state index is 0. The molecule has 0 amide bonds. The van der Waals surface area contributed by atoms with E-state index in [0.717, 1.165) is 5.56 Å². The number of rotatable bonds is 3. The van der Waals surface area contributed by atoms with Crippen LogP contribution < -0.4 is 0 Å². The van der Waals surface area contributed by atoms with Gasteiger partial charge in [-0.15, -0.1) is 0 Å². The predicted molar refractivity (Wildman–Crippen MR) is 55.1 cm³/mol. The zero-order chi connectivity index (χ0) is 8.97. The van der Waals surface area contributed by atoms with Gasteiger partial charge in [0.2, 0.25) is 0 Å². The van der Waals surface area contributed by atoms with Crippen molar-refractivity contribution in [2.75, 3.05) is 0 Å². The Balaban J connectivity index is -0.000000480. The SMILES string of the molecule is CCC(C(=O)O)c1ccccc1.[Ca+2].[H-].[H-]. The van der Waals surface area contributed by atoms with E-state index in [1.165, 1.54) is 0 Å². The molecule has 2 nitrogen and oxygen atoms in total. The Morgan fingerprint density at radius 1 is 1.46 bits per heavy atom. The van der Waals surface area contributed by atoms with Crippen molar-refractivity contribution in [1.82, 2.24) is 0 Å². The smallest absolute Gasteiger partial charge is 1.00 e. The standard InChI is InChI=1S/C10H12O2.Ca.2H/c1-2-9(10(11)12)8-6-4-3-5-7-8;;;/h3-7,9H,2H2,1H3,(H,11,12);;;/q;+2;2*-1. The Hall–Kier alpha value is -0.0503. The fourth-order valence-electron chi connectivity index (χ4n) is 1.24. The average molecular weight is 206 g/mol. The van der Waals surface area contributed by atoms with E-state index < -0.39 is 5.97 Å². The second-order valence-corrected chi connectivity index (χ2v) is 2.71. The first kappa shape index (κ1) is 12.9. The molecule has 0 heterocycles. The first-order valence-corrected chi connectivity index (χ1v) is 4.03. The van der Waals surface area contributed by atoms with Gasteiger partial charge in [-0.1, -0.05) is 37.3 Å². The molecule has 0 bridgehead atoms. The molecule has 0 fully saturated rings. The summed E-state index contributed by atoms with van der Waals surface area (Å²) < 4.78 is 0. The van der Waals surface area contributed by atoms with E-state index >= 15 is 0 Å². The van der Waals surface area contributed by atoms with Crippen molar-refractivity contribution < 1.29 is 12.8 Å². The third-order valence-corrected chi connectivity index (χ3v) is 1.91. The number of hydrogen-bond acceptors (Lipinski definition) is 1. The number of benzene rings is 1. The van der Waals surface area contributed by atoms with Crippen molar-refractivity contribution in [2.24, 2.45) is 0 Å². The van der Waals surface area contributed by atoms with Gasteiger partial charge in [-0.25, -0.2) is 0 Å². The topological polar surface area (TPSA) is 37.3 Å². The minimum atomic E-state index is -0.747. The Morgan fingerprint density at radius 3 is 2.38 bits per heavy atom. The summed E-state index contributed by atoms with van der Waals surface area (Å²) in [5.74, 6) is -1.10. The average Bonchev–Trinajstić information content (AvgIpc) is 2.07. The third kappa shape index (κ3) is 3.67. The molecule has 0 aliphatic rings. The summed E-state index contributed by atoms with van der Waals surface area (Å²) in [6.07, 6.45) is 0.638. The second kappa shape index (κ2) is 6.41. The van der Waals surface area contributed by atoms with Crippen LogP contribution in [0.25, 0.3) is 0 Å². The molecular formula is C10H14CaO2. The van der Waals surface area contributed by atoms with Gasteiger partial charge in [0.15, 0.2) is 0 Å². The van der Waals surface area contributed by atoms with Gasteiger partial charge < -0.3 is 7.96 Å². The van der Waals surface area contributed by atoms with E-state index in [0.29, 0.717) is 6.42 Å². The van der Waals surface area contributed by atoms with Crippen LogP contribution >= 0.6 is 0 Å². The zero-order valence-electron chi connectivity index (χ0n) is 9.73. The largest absolute Gasteiger partial charge is 2.00 e. The molecule has 13 heavy (non-hydrogen) atoms. The maximum absolute atomic E-state index is 10.7. The molecule has 0 radical (unpaired) electrons. The molecule has 0 aliphatic carbocycles. The molecule has 0 saturated carbocycles. The molecule has 1 aromatic carbocycles. The maximum Gasteiger partial charge on any atom is 2.00 e. The summed E-state index contributed by atoms with van der Waals surface area (Å²) >= 11 is 0. The van der Waals surface area contributed by atoms with Crippen molar-refractivity contribution in [2.45, 2.75) is 19.3 Å². The first-order valence-electron chi connectivity index (χ1n) is 4.03. The number of carboxylic acid groups (broad SMARTS) is 1. The van der Waals surface area contributed by atoms with Crippen molar-refractivity contribution >= 4 is 43.7 Å². The van der Waals surface area contributed by atoms with Crippen molar-refractivity contribution in [3.05, 3.63) is 35.9 Å². The van der Waals surface area contributed by atoms with Gasteiger partial charge in [-0.2, -0.15) is 0 Å². The van der Waals surface area contributed by atoms with Crippen LogP contribution in [0, 0.1) is 0 Å². The molecular weight excluding hydrogens is 192 g/mol. The van der Waals surface area contributed by atoms with Gasteiger partial charge >= 0.3 is 43.7 Å². The van der Waals surface area contributed by atoms with Crippen LogP contribution in [-0.2, 0) is 4.79 Å². The number of carboxylic acids is 1. The van der Waals surface area contributed by atoms with Crippen LogP contribution in [-0.4, -0.2) is 48.8 Å². The minimum Gasteiger partial charge on any atom is -1.00 e. The van der Waals surface area contributed by atoms with Gasteiger partial charge in [-0.05, 0) is 12.0 Å². The zero-order valence-corrected chi connectivity index (χ0v) is 9.94. The van der Waals surface area contributed by atoms with Crippen LogP contribution in [0.3, 0.4) is 0 Å². The van der Waals surface area contributed by atoms with Gasteiger partial charge in [0.25, 0.3) is 0 Å². The number of hydrogen-bond donors (Lipinski definition) is 1. The van der Waals surface area contributed by atoms with E-state index in [9.17, 15) is 4.79 Å². The Labute approximate surface area is 111 Å². The van der Waals surface area contributed by atoms with E-state index in [2.05, 4.69) is 0 Å². The molecule has 1 aromatic rings. The molecule has 0 saturated heterocycles. The molecule has 0 spiro atoms. The first-order chi connectivity index (χ1) is 5.75. The van der Waals surface area contributed by atoms with Gasteiger partial charge in [0, 0.05) is 0 Å². The summed E-state index contributed by atoms with van der Waals surface area (Å²) in [6.45, 7) is 1.88. The van der Waals surface area contributed by atoms with Crippen LogP contribution in [0.2, 0.25) is 0 Å². The monoisotopic (exact) mass is 206 g/mol. The molecule has 1 N–H and O–H groups in total. The number of carbonyl (C=O) groups is 1. The third-order valence-electron chi connectivity index (χ3n) is 1.91. The second-order valence-electron chi connectivity index (χ2n) is 2.71. The summed E-state index contributed by atoms with van der Waals surface area (Å²) in [6, 6.07) is 9.31. The summed E-state index contributed by atoms with van der Waals surface area (Å²) in [5, 5.41) is 8.83. The quantitative estimate of drug-likeness (QED) is 0.769. The molecule has 1 unspecified atom stereocenters. The van der Waals surface area contributed by atoms with Crippen molar-refractivity contribution in [3.8, 4) is 0 Å². The van der Waals surface area contributed by atoms with E-state index in [-0.39, 0.29) is 46.5 Å². The van der Waals surface area contributed by atoms with Gasteiger partial charge in [-0.3, -0.25) is 4.79 Å². The fraction of sp³-hybridized carbons (Fsp3) is 0.300. The maximum atomic E-state index is 10.7. The van der Waals surface area contributed by atoms with Gasteiger partial charge in [0.1, 0.15) is 0 Å². The molecule has 0 aliphatic heterocycles. The van der Waals surface area contributed by atoms with Crippen LogP contribution in [0.5, 0.6) is 0 Å². The molecule has 3 heteroatoms. The van der Waals surface area contributed by atoms with Crippen molar-refractivity contribution in [1.29, 1.82) is 0 Å². The predicted octanol–water partition coefficient (Wildman–Crippen LogP) is 2.11. The van der Waals surface area contributed by atoms with E-state index in [1.54, 1.807) is 0 Å². The summed E-state index contributed by atoms with van der Waals surface area (Å²) in [5.41, 5.74) is 0.882. The summed E-state index contributed by atoms with van der Waals surface area (Å²) in [7, 11) is 0. The Bertz CT molecular complexity index is 267. The molecule has 1 rings (SSSR count). The van der Waals surface area contributed by atoms with Crippen LogP contribution in [0.15, 0.2) is 30.3 Å². The Kier molecular flexibility index (Phi) is 6.39. The normalized spacial score (nSPS) is 11.5. The van der Waals surface area contributed by atoms with E-state index in [4.69, 9.17) is 5.11 Å².